The molecule has 3 nitrogen and oxygen atoms in total. The number of benzene rings is 1. The van der Waals surface area contributed by atoms with Gasteiger partial charge in [0.1, 0.15) is 11.6 Å². The zero-order valence-corrected chi connectivity index (χ0v) is 9.25. The molecule has 2 aromatic rings. The number of hydrogen-bond acceptors (Lipinski definition) is 4. The third-order valence-corrected chi connectivity index (χ3v) is 2.82. The fourth-order valence-corrected chi connectivity index (χ4v) is 1.80. The Labute approximate surface area is 99.9 Å². The number of aromatic nitrogens is 2. The molecular weight excluding hydrogens is 246 g/mol. The second-order valence-corrected chi connectivity index (χ2v) is 4.10. The zero-order valence-electron chi connectivity index (χ0n) is 8.43. The Morgan fingerprint density at radius 3 is 2.47 bits per heavy atom. The molecule has 0 N–H and O–H groups in total. The maximum Gasteiger partial charge on any atom is 0.192 e. The van der Waals surface area contributed by atoms with Crippen LogP contribution in [0.3, 0.4) is 0 Å². The molecule has 2 rings (SSSR count). The molecule has 0 aliphatic carbocycles. The summed E-state index contributed by atoms with van der Waals surface area (Å²) in [7, 11) is 0. The number of nitrogens with zero attached hydrogens (tertiary/aromatic N) is 2. The van der Waals surface area contributed by atoms with Crippen LogP contribution in [-0.4, -0.2) is 16.3 Å². The first-order valence-corrected chi connectivity index (χ1v) is 5.41. The van der Waals surface area contributed by atoms with Gasteiger partial charge in [-0.3, -0.25) is 4.79 Å². The van der Waals surface area contributed by atoms with E-state index in [0.717, 1.165) is 23.9 Å². The Morgan fingerprint density at radius 2 is 1.88 bits per heavy atom. The summed E-state index contributed by atoms with van der Waals surface area (Å²) in [5.74, 6) is -1.30. The lowest BCUT2D eigenvalue weighted by Gasteiger charge is -2.01. The van der Waals surface area contributed by atoms with Gasteiger partial charge in [-0.2, -0.15) is 0 Å². The van der Waals surface area contributed by atoms with Crippen molar-refractivity contribution in [1.29, 1.82) is 0 Å². The van der Waals surface area contributed by atoms with Gasteiger partial charge < -0.3 is 0 Å². The fraction of sp³-hybridized carbons (Fsp3) is 0. The van der Waals surface area contributed by atoms with Crippen LogP contribution in [0.4, 0.5) is 8.78 Å². The lowest BCUT2D eigenvalue weighted by molar-refractivity contribution is 0.112. The van der Waals surface area contributed by atoms with Crippen molar-refractivity contribution >= 4 is 18.0 Å². The van der Waals surface area contributed by atoms with Crippen LogP contribution < -0.4 is 0 Å². The maximum absolute atomic E-state index is 13.3. The Balaban J connectivity index is 2.22. The first kappa shape index (κ1) is 11.7. The summed E-state index contributed by atoms with van der Waals surface area (Å²) in [5, 5.41) is 0.293. The molecule has 86 valence electrons. The lowest BCUT2D eigenvalue weighted by atomic mass is 10.3. The molecule has 0 radical (unpaired) electrons. The Kier molecular flexibility index (Phi) is 3.43. The van der Waals surface area contributed by atoms with Gasteiger partial charge in [0.2, 0.25) is 0 Å². The molecule has 0 saturated carbocycles. The van der Waals surface area contributed by atoms with E-state index < -0.39 is 11.6 Å². The topological polar surface area (TPSA) is 42.9 Å². The third-order valence-electron chi connectivity index (χ3n) is 1.88. The highest BCUT2D eigenvalue weighted by molar-refractivity contribution is 7.99. The number of aldehydes is 1. The second kappa shape index (κ2) is 5.01. The lowest BCUT2D eigenvalue weighted by Crippen LogP contribution is -1.90. The van der Waals surface area contributed by atoms with Crippen molar-refractivity contribution in [1.82, 2.24) is 9.97 Å². The van der Waals surface area contributed by atoms with E-state index in [4.69, 9.17) is 0 Å². The van der Waals surface area contributed by atoms with Crippen molar-refractivity contribution in [3.63, 3.8) is 0 Å². The van der Waals surface area contributed by atoms with Crippen molar-refractivity contribution in [3.8, 4) is 0 Å². The van der Waals surface area contributed by atoms with E-state index in [2.05, 4.69) is 9.97 Å². The fourth-order valence-electron chi connectivity index (χ4n) is 1.10. The molecule has 0 aliphatic rings. The summed E-state index contributed by atoms with van der Waals surface area (Å²) in [4.78, 5) is 18.3. The number of halogens is 2. The predicted octanol–water partition coefficient (Wildman–Crippen LogP) is 2.72. The smallest absolute Gasteiger partial charge is 0.192 e. The van der Waals surface area contributed by atoms with Crippen LogP contribution in [0.25, 0.3) is 0 Å². The minimum absolute atomic E-state index is 0.227. The van der Waals surface area contributed by atoms with Gasteiger partial charge in [0, 0.05) is 18.5 Å². The minimum atomic E-state index is -0.668. The average molecular weight is 252 g/mol. The van der Waals surface area contributed by atoms with Gasteiger partial charge >= 0.3 is 0 Å². The van der Waals surface area contributed by atoms with Gasteiger partial charge in [0.15, 0.2) is 11.4 Å². The SMILES string of the molecule is O=Cc1cnc(Sc2ccc(F)cc2F)nc1. The predicted molar refractivity (Wildman–Crippen MR) is 57.9 cm³/mol. The van der Waals surface area contributed by atoms with Gasteiger partial charge in [-0.15, -0.1) is 0 Å². The molecular formula is C11H6F2N2OS. The monoisotopic (exact) mass is 252 g/mol. The summed E-state index contributed by atoms with van der Waals surface area (Å²) in [6.07, 6.45) is 3.29. The largest absolute Gasteiger partial charge is 0.298 e. The molecule has 0 saturated heterocycles. The number of rotatable bonds is 3. The quantitative estimate of drug-likeness (QED) is 0.622. The molecule has 17 heavy (non-hydrogen) atoms. The first-order chi connectivity index (χ1) is 8.19. The Bertz CT molecular complexity index is 546. The number of hydrogen-bond donors (Lipinski definition) is 0. The first-order valence-electron chi connectivity index (χ1n) is 4.59. The molecule has 0 amide bonds. The molecule has 0 fully saturated rings. The van der Waals surface area contributed by atoms with Gasteiger partial charge in [-0.05, 0) is 23.9 Å². The molecule has 0 unspecified atom stereocenters. The zero-order chi connectivity index (χ0) is 12.3. The molecule has 0 spiro atoms. The standard InChI is InChI=1S/C11H6F2N2OS/c12-8-1-2-10(9(13)3-8)17-11-14-4-7(6-16)5-15-11/h1-6H. The molecule has 0 aliphatic heterocycles. The van der Waals surface area contributed by atoms with E-state index in [0.29, 0.717) is 17.0 Å². The summed E-state index contributed by atoms with van der Waals surface area (Å²) >= 11 is 0.962. The van der Waals surface area contributed by atoms with Crippen LogP contribution in [0, 0.1) is 11.6 Å². The highest BCUT2D eigenvalue weighted by Crippen LogP contribution is 2.27. The van der Waals surface area contributed by atoms with E-state index in [-0.39, 0.29) is 4.90 Å². The minimum Gasteiger partial charge on any atom is -0.298 e. The molecule has 1 aromatic heterocycles. The van der Waals surface area contributed by atoms with Crippen molar-refractivity contribution in [2.45, 2.75) is 10.1 Å². The van der Waals surface area contributed by atoms with Crippen LogP contribution in [0.15, 0.2) is 40.6 Å². The van der Waals surface area contributed by atoms with Crippen molar-refractivity contribution in [2.24, 2.45) is 0 Å². The van der Waals surface area contributed by atoms with Gasteiger partial charge in [0.25, 0.3) is 0 Å². The molecule has 0 atom stereocenters. The van der Waals surface area contributed by atoms with E-state index in [1.165, 1.54) is 18.5 Å². The highest BCUT2D eigenvalue weighted by Gasteiger charge is 2.07. The van der Waals surface area contributed by atoms with E-state index >= 15 is 0 Å². The summed E-state index contributed by atoms with van der Waals surface area (Å²) < 4.78 is 26.0. The van der Waals surface area contributed by atoms with Crippen molar-refractivity contribution in [3.05, 3.63) is 47.8 Å². The van der Waals surface area contributed by atoms with E-state index in [1.54, 1.807) is 0 Å². The molecule has 1 aromatic carbocycles. The Morgan fingerprint density at radius 1 is 1.18 bits per heavy atom. The van der Waals surface area contributed by atoms with E-state index in [9.17, 15) is 13.6 Å². The summed E-state index contributed by atoms with van der Waals surface area (Å²) in [6, 6.07) is 3.26. The second-order valence-electron chi connectivity index (χ2n) is 3.09. The van der Waals surface area contributed by atoms with Crippen LogP contribution in [0.5, 0.6) is 0 Å². The molecule has 0 bridgehead atoms. The van der Waals surface area contributed by atoms with Gasteiger partial charge in [0.05, 0.1) is 10.5 Å². The van der Waals surface area contributed by atoms with Crippen LogP contribution in [-0.2, 0) is 0 Å². The van der Waals surface area contributed by atoms with Crippen molar-refractivity contribution in [2.75, 3.05) is 0 Å². The average Bonchev–Trinajstić information content (AvgIpc) is 2.34. The van der Waals surface area contributed by atoms with Crippen molar-refractivity contribution < 1.29 is 13.6 Å². The Hall–Kier alpha value is -1.82. The number of carbonyl (C=O) groups excluding carboxylic acids is 1. The number of carbonyl (C=O) groups is 1. The molecule has 1 heterocycles. The van der Waals surface area contributed by atoms with Gasteiger partial charge in [-0.1, -0.05) is 0 Å². The highest BCUT2D eigenvalue weighted by atomic mass is 32.2. The molecule has 6 heteroatoms. The van der Waals surface area contributed by atoms with Crippen LogP contribution in [0.1, 0.15) is 10.4 Å². The normalized spacial score (nSPS) is 10.2. The van der Waals surface area contributed by atoms with Crippen LogP contribution in [0.2, 0.25) is 0 Å². The third kappa shape index (κ3) is 2.85. The van der Waals surface area contributed by atoms with Crippen LogP contribution >= 0.6 is 11.8 Å². The summed E-state index contributed by atoms with van der Waals surface area (Å²) in [5.41, 5.74) is 0.342. The van der Waals surface area contributed by atoms with E-state index in [1.807, 2.05) is 0 Å². The maximum atomic E-state index is 13.3. The van der Waals surface area contributed by atoms with Gasteiger partial charge in [-0.25, -0.2) is 18.7 Å². The summed E-state index contributed by atoms with van der Waals surface area (Å²) in [6.45, 7) is 0.